The highest BCUT2D eigenvalue weighted by molar-refractivity contribution is 6.15. The molecule has 2 aromatic carbocycles. The molecule has 3 aromatic rings. The number of esters is 1. The van der Waals surface area contributed by atoms with Crippen LogP contribution in [0.3, 0.4) is 0 Å². The maximum atomic E-state index is 13.0. The van der Waals surface area contributed by atoms with Crippen LogP contribution in [0.15, 0.2) is 42.3 Å². The van der Waals surface area contributed by atoms with Crippen molar-refractivity contribution in [3.8, 4) is 17.2 Å². The number of allylic oxidation sites excluding steroid dienone is 1. The van der Waals surface area contributed by atoms with E-state index in [9.17, 15) is 9.59 Å². The summed E-state index contributed by atoms with van der Waals surface area (Å²) in [6, 6.07) is 9.18. The molecule has 1 aromatic heterocycles. The fourth-order valence-electron chi connectivity index (χ4n) is 3.67. The molecule has 0 atom stereocenters. The summed E-state index contributed by atoms with van der Waals surface area (Å²) in [5.74, 6) is 1.20. The van der Waals surface area contributed by atoms with Crippen molar-refractivity contribution in [2.75, 3.05) is 20.8 Å². The number of fused-ring (bicyclic) bond motifs is 2. The smallest absolute Gasteiger partial charge is 0.343 e. The summed E-state index contributed by atoms with van der Waals surface area (Å²) in [6.45, 7) is 4.43. The minimum absolute atomic E-state index is 0.196. The summed E-state index contributed by atoms with van der Waals surface area (Å²) < 4.78 is 23.5. The number of aryl methyl sites for hydroxylation is 1. The predicted molar refractivity (Wildman–Crippen MR) is 116 cm³/mol. The number of ketones is 1. The number of carbonyl (C=O) groups is 2. The standard InChI is InChI=1S/C24H23NO6/c1-5-25-12-15(18-11-16(28-3)6-8-19(18)25)10-21-23(27)17-7-9-20(14(2)24(17)31-21)30-13-22(26)29-4/h6-12H,5,13H2,1-4H3/b21-10+. The minimum Gasteiger partial charge on any atom is -0.497 e. The molecule has 2 heterocycles. The van der Waals surface area contributed by atoms with Crippen molar-refractivity contribution in [3.63, 3.8) is 0 Å². The molecule has 0 radical (unpaired) electrons. The van der Waals surface area contributed by atoms with Crippen molar-refractivity contribution in [2.45, 2.75) is 20.4 Å². The number of ether oxygens (including phenoxy) is 4. The number of aromatic nitrogens is 1. The second kappa shape index (κ2) is 8.18. The first kappa shape index (κ1) is 20.5. The van der Waals surface area contributed by atoms with Gasteiger partial charge in [-0.1, -0.05) is 0 Å². The van der Waals surface area contributed by atoms with Crippen molar-refractivity contribution in [3.05, 3.63) is 59.0 Å². The predicted octanol–water partition coefficient (Wildman–Crippen LogP) is 4.15. The van der Waals surface area contributed by atoms with Crippen LogP contribution >= 0.6 is 0 Å². The lowest BCUT2D eigenvalue weighted by molar-refractivity contribution is -0.142. The first-order chi connectivity index (χ1) is 15.0. The third kappa shape index (κ3) is 3.63. The first-order valence-corrected chi connectivity index (χ1v) is 9.91. The second-order valence-corrected chi connectivity index (χ2v) is 7.12. The maximum absolute atomic E-state index is 13.0. The Labute approximate surface area is 179 Å². The molecule has 0 bridgehead atoms. The van der Waals surface area contributed by atoms with Crippen LogP contribution in [-0.2, 0) is 16.1 Å². The number of carbonyl (C=O) groups excluding carboxylic acids is 2. The van der Waals surface area contributed by atoms with E-state index in [2.05, 4.69) is 16.2 Å². The van der Waals surface area contributed by atoms with Crippen LogP contribution in [-0.4, -0.2) is 37.1 Å². The van der Waals surface area contributed by atoms with Crippen LogP contribution in [0.25, 0.3) is 17.0 Å². The second-order valence-electron chi connectivity index (χ2n) is 7.12. The van der Waals surface area contributed by atoms with Crippen LogP contribution in [0.2, 0.25) is 0 Å². The van der Waals surface area contributed by atoms with Crippen molar-refractivity contribution in [1.82, 2.24) is 4.57 Å². The molecule has 7 nitrogen and oxygen atoms in total. The topological polar surface area (TPSA) is 76.0 Å². The Bertz CT molecular complexity index is 1220. The van der Waals surface area contributed by atoms with Crippen LogP contribution in [0.4, 0.5) is 0 Å². The van der Waals surface area contributed by atoms with Gasteiger partial charge in [0.25, 0.3) is 0 Å². The lowest BCUT2D eigenvalue weighted by Gasteiger charge is -2.10. The van der Waals surface area contributed by atoms with Gasteiger partial charge in [0.05, 0.1) is 19.8 Å². The molecule has 0 amide bonds. The van der Waals surface area contributed by atoms with Crippen LogP contribution < -0.4 is 14.2 Å². The van der Waals surface area contributed by atoms with Gasteiger partial charge in [-0.25, -0.2) is 4.79 Å². The number of hydrogen-bond acceptors (Lipinski definition) is 6. The summed E-state index contributed by atoms with van der Waals surface area (Å²) in [6.07, 6.45) is 3.75. The van der Waals surface area contributed by atoms with Crippen LogP contribution in [0.1, 0.15) is 28.4 Å². The van der Waals surface area contributed by atoms with Gasteiger partial charge in [-0.05, 0) is 50.3 Å². The number of Topliss-reactive ketones (excluding diaryl/α,β-unsaturated/α-hetero) is 1. The molecule has 4 rings (SSSR count). The SMILES string of the molecule is CCn1cc(/C=C2/Oc3c(ccc(OCC(=O)OC)c3C)C2=O)c2cc(OC)ccc21. The fourth-order valence-corrected chi connectivity index (χ4v) is 3.67. The molecule has 160 valence electrons. The Hall–Kier alpha value is -3.74. The summed E-state index contributed by atoms with van der Waals surface area (Å²) in [7, 11) is 2.92. The molecule has 0 spiro atoms. The van der Waals surface area contributed by atoms with Crippen molar-refractivity contribution in [1.29, 1.82) is 0 Å². The molecule has 0 N–H and O–H groups in total. The van der Waals surface area contributed by atoms with E-state index in [0.717, 1.165) is 28.8 Å². The molecule has 7 heteroatoms. The van der Waals surface area contributed by atoms with Gasteiger partial charge in [0.1, 0.15) is 17.2 Å². The molecule has 1 aliphatic heterocycles. The Morgan fingerprint density at radius 3 is 2.71 bits per heavy atom. The van der Waals surface area contributed by atoms with E-state index in [1.165, 1.54) is 7.11 Å². The number of hydrogen-bond donors (Lipinski definition) is 0. The molecule has 31 heavy (non-hydrogen) atoms. The largest absolute Gasteiger partial charge is 0.497 e. The van der Waals surface area contributed by atoms with Gasteiger partial charge in [0, 0.05) is 34.8 Å². The zero-order valence-corrected chi connectivity index (χ0v) is 17.9. The Morgan fingerprint density at radius 1 is 1.19 bits per heavy atom. The van der Waals surface area contributed by atoms with E-state index in [1.807, 2.05) is 24.4 Å². The van der Waals surface area contributed by atoms with E-state index >= 15 is 0 Å². The van der Waals surface area contributed by atoms with Crippen LogP contribution in [0.5, 0.6) is 17.2 Å². The van der Waals surface area contributed by atoms with Gasteiger partial charge < -0.3 is 23.5 Å². The lowest BCUT2D eigenvalue weighted by atomic mass is 10.1. The van der Waals surface area contributed by atoms with Gasteiger partial charge in [-0.15, -0.1) is 0 Å². The van der Waals surface area contributed by atoms with Crippen molar-refractivity contribution < 1.29 is 28.5 Å². The monoisotopic (exact) mass is 421 g/mol. The van der Waals surface area contributed by atoms with E-state index in [-0.39, 0.29) is 18.1 Å². The molecule has 0 aliphatic carbocycles. The summed E-state index contributed by atoms with van der Waals surface area (Å²) in [4.78, 5) is 24.3. The van der Waals surface area contributed by atoms with Gasteiger partial charge in [-0.2, -0.15) is 0 Å². The Morgan fingerprint density at radius 2 is 2.00 bits per heavy atom. The van der Waals surface area contributed by atoms with Crippen molar-refractivity contribution >= 4 is 28.7 Å². The first-order valence-electron chi connectivity index (χ1n) is 9.91. The molecule has 1 aliphatic rings. The maximum Gasteiger partial charge on any atom is 0.343 e. The third-order valence-electron chi connectivity index (χ3n) is 5.36. The number of rotatable bonds is 6. The highest BCUT2D eigenvalue weighted by Gasteiger charge is 2.30. The highest BCUT2D eigenvalue weighted by Crippen LogP contribution is 2.40. The number of benzene rings is 2. The summed E-state index contributed by atoms with van der Waals surface area (Å²) >= 11 is 0. The summed E-state index contributed by atoms with van der Waals surface area (Å²) in [5.41, 5.74) is 3.03. The molecule has 0 saturated carbocycles. The van der Waals surface area contributed by atoms with Crippen molar-refractivity contribution in [2.24, 2.45) is 0 Å². The van der Waals surface area contributed by atoms with Crippen LogP contribution in [0, 0.1) is 6.92 Å². The summed E-state index contributed by atoms with van der Waals surface area (Å²) in [5, 5.41) is 0.972. The zero-order chi connectivity index (χ0) is 22.1. The number of methoxy groups -OCH3 is 2. The van der Waals surface area contributed by atoms with Gasteiger partial charge >= 0.3 is 5.97 Å². The van der Waals surface area contributed by atoms with Gasteiger partial charge in [-0.3, -0.25) is 4.79 Å². The minimum atomic E-state index is -0.486. The molecule has 0 saturated heterocycles. The quantitative estimate of drug-likeness (QED) is 0.440. The average molecular weight is 421 g/mol. The molecular weight excluding hydrogens is 398 g/mol. The van der Waals surface area contributed by atoms with Gasteiger partial charge in [0.2, 0.25) is 5.78 Å². The van der Waals surface area contributed by atoms with E-state index < -0.39 is 5.97 Å². The van der Waals surface area contributed by atoms with Gasteiger partial charge in [0.15, 0.2) is 12.4 Å². The molecule has 0 fully saturated rings. The van der Waals surface area contributed by atoms with E-state index in [0.29, 0.717) is 22.6 Å². The zero-order valence-electron chi connectivity index (χ0n) is 17.9. The van der Waals surface area contributed by atoms with E-state index in [4.69, 9.17) is 14.2 Å². The normalized spacial score (nSPS) is 13.9. The Kier molecular flexibility index (Phi) is 5.42. The highest BCUT2D eigenvalue weighted by atomic mass is 16.6. The molecule has 0 unspecified atom stereocenters. The average Bonchev–Trinajstić information content (AvgIpc) is 3.30. The third-order valence-corrected chi connectivity index (χ3v) is 5.36. The molecular formula is C24H23NO6. The fraction of sp³-hybridized carbons (Fsp3) is 0.250. The lowest BCUT2D eigenvalue weighted by Crippen LogP contribution is -2.13. The Balaban J connectivity index is 1.70. The number of nitrogens with zero attached hydrogens (tertiary/aromatic N) is 1. The van der Waals surface area contributed by atoms with E-state index in [1.54, 1.807) is 32.2 Å².